The van der Waals surface area contributed by atoms with Crippen molar-refractivity contribution in [1.82, 2.24) is 19.9 Å². The smallest absolute Gasteiger partial charge is 0.223 e. The molecule has 1 unspecified atom stereocenters. The SMILES string of the molecule is CCCC(C)Nc1ncc2c(N3CC[C@@H](N(C)C)C3)ncc(C3CCC(O)CC3)c2n1. The number of anilines is 2. The van der Waals surface area contributed by atoms with E-state index in [2.05, 4.69) is 54.2 Å². The lowest BCUT2D eigenvalue weighted by Crippen LogP contribution is -2.31. The van der Waals surface area contributed by atoms with E-state index < -0.39 is 0 Å². The molecular weight excluding hydrogens is 388 g/mol. The molecule has 7 heteroatoms. The molecule has 2 N–H and O–H groups in total. The zero-order valence-corrected chi connectivity index (χ0v) is 19.5. The average molecular weight is 427 g/mol. The van der Waals surface area contributed by atoms with Gasteiger partial charge in [0.05, 0.1) is 17.0 Å². The first-order chi connectivity index (χ1) is 15.0. The second-order valence-corrected chi connectivity index (χ2v) is 9.68. The summed E-state index contributed by atoms with van der Waals surface area (Å²) in [7, 11) is 4.30. The van der Waals surface area contributed by atoms with Gasteiger partial charge in [0.2, 0.25) is 5.95 Å². The molecule has 4 rings (SSSR count). The summed E-state index contributed by atoms with van der Waals surface area (Å²) in [6, 6.07) is 0.893. The minimum absolute atomic E-state index is 0.163. The van der Waals surface area contributed by atoms with Gasteiger partial charge in [-0.15, -0.1) is 0 Å². The highest BCUT2D eigenvalue weighted by Gasteiger charge is 2.29. The monoisotopic (exact) mass is 426 g/mol. The highest BCUT2D eigenvalue weighted by Crippen LogP contribution is 2.38. The van der Waals surface area contributed by atoms with Crippen molar-refractivity contribution in [3.05, 3.63) is 18.0 Å². The maximum atomic E-state index is 9.98. The summed E-state index contributed by atoms with van der Waals surface area (Å²) < 4.78 is 0. The highest BCUT2D eigenvalue weighted by atomic mass is 16.3. The van der Waals surface area contributed by atoms with Gasteiger partial charge in [0.15, 0.2) is 0 Å². The summed E-state index contributed by atoms with van der Waals surface area (Å²) >= 11 is 0. The van der Waals surface area contributed by atoms with Crippen molar-refractivity contribution < 1.29 is 5.11 Å². The van der Waals surface area contributed by atoms with E-state index in [1.165, 1.54) is 5.56 Å². The molecule has 7 nitrogen and oxygen atoms in total. The molecule has 1 saturated heterocycles. The zero-order chi connectivity index (χ0) is 22.0. The molecule has 0 aromatic carbocycles. The van der Waals surface area contributed by atoms with E-state index >= 15 is 0 Å². The van der Waals surface area contributed by atoms with Crippen molar-refractivity contribution in [3.63, 3.8) is 0 Å². The summed E-state index contributed by atoms with van der Waals surface area (Å²) in [4.78, 5) is 19.3. The molecular formula is C24H38N6O. The molecule has 2 atom stereocenters. The second kappa shape index (κ2) is 9.65. The fourth-order valence-corrected chi connectivity index (χ4v) is 5.12. The van der Waals surface area contributed by atoms with Crippen LogP contribution >= 0.6 is 0 Å². The van der Waals surface area contributed by atoms with Crippen LogP contribution in [-0.2, 0) is 0 Å². The van der Waals surface area contributed by atoms with Gasteiger partial charge in [0.1, 0.15) is 5.82 Å². The fourth-order valence-electron chi connectivity index (χ4n) is 5.12. The molecule has 3 heterocycles. The molecule has 0 bridgehead atoms. The van der Waals surface area contributed by atoms with E-state index in [4.69, 9.17) is 9.97 Å². The average Bonchev–Trinajstić information content (AvgIpc) is 3.24. The fraction of sp³-hybridized carbons (Fsp3) is 0.708. The predicted molar refractivity (Wildman–Crippen MR) is 127 cm³/mol. The first-order valence-corrected chi connectivity index (χ1v) is 12.0. The van der Waals surface area contributed by atoms with Crippen molar-refractivity contribution in [2.75, 3.05) is 37.4 Å². The summed E-state index contributed by atoms with van der Waals surface area (Å²) in [5.74, 6) is 2.11. The zero-order valence-electron chi connectivity index (χ0n) is 19.5. The van der Waals surface area contributed by atoms with E-state index in [1.807, 2.05) is 6.20 Å². The van der Waals surface area contributed by atoms with Crippen molar-refractivity contribution in [3.8, 4) is 0 Å². The molecule has 0 amide bonds. The Balaban J connectivity index is 1.70. The van der Waals surface area contributed by atoms with Gasteiger partial charge in [-0.05, 0) is 65.5 Å². The molecule has 1 aliphatic carbocycles. The van der Waals surface area contributed by atoms with E-state index in [0.717, 1.165) is 74.8 Å². The third-order valence-electron chi connectivity index (χ3n) is 7.06. The van der Waals surface area contributed by atoms with Crippen LogP contribution in [0.25, 0.3) is 10.9 Å². The van der Waals surface area contributed by atoms with Crippen LogP contribution in [0.15, 0.2) is 12.4 Å². The van der Waals surface area contributed by atoms with Crippen molar-refractivity contribution in [1.29, 1.82) is 0 Å². The number of fused-ring (bicyclic) bond motifs is 1. The lowest BCUT2D eigenvalue weighted by molar-refractivity contribution is 0.122. The first kappa shape index (κ1) is 22.2. The van der Waals surface area contributed by atoms with Crippen LogP contribution < -0.4 is 10.2 Å². The predicted octanol–water partition coefficient (Wildman–Crippen LogP) is 3.78. The lowest BCUT2D eigenvalue weighted by atomic mass is 9.82. The maximum absolute atomic E-state index is 9.98. The molecule has 31 heavy (non-hydrogen) atoms. The van der Waals surface area contributed by atoms with Gasteiger partial charge in [-0.25, -0.2) is 15.0 Å². The first-order valence-electron chi connectivity index (χ1n) is 12.0. The molecule has 1 aliphatic heterocycles. The number of hydrogen-bond donors (Lipinski definition) is 2. The van der Waals surface area contributed by atoms with Gasteiger partial charge < -0.3 is 20.2 Å². The van der Waals surface area contributed by atoms with Crippen LogP contribution in [0.4, 0.5) is 11.8 Å². The van der Waals surface area contributed by atoms with E-state index in [1.54, 1.807) is 0 Å². The Hall–Kier alpha value is -1.99. The van der Waals surface area contributed by atoms with Gasteiger partial charge in [0, 0.05) is 43.1 Å². The number of aliphatic hydroxyl groups is 1. The number of hydrogen-bond acceptors (Lipinski definition) is 7. The maximum Gasteiger partial charge on any atom is 0.223 e. The van der Waals surface area contributed by atoms with Crippen molar-refractivity contribution in [2.45, 2.75) is 82.9 Å². The summed E-state index contributed by atoms with van der Waals surface area (Å²) in [6.07, 6.45) is 10.9. The summed E-state index contributed by atoms with van der Waals surface area (Å²) in [6.45, 7) is 6.37. The van der Waals surface area contributed by atoms with Crippen LogP contribution in [0.3, 0.4) is 0 Å². The highest BCUT2D eigenvalue weighted by molar-refractivity contribution is 5.92. The van der Waals surface area contributed by atoms with Crippen molar-refractivity contribution in [2.24, 2.45) is 0 Å². The lowest BCUT2D eigenvalue weighted by Gasteiger charge is -2.27. The largest absolute Gasteiger partial charge is 0.393 e. The third kappa shape index (κ3) is 4.93. The molecule has 170 valence electrons. The number of likely N-dealkylation sites (N-methyl/N-ethyl adjacent to an activating group) is 1. The Morgan fingerprint density at radius 3 is 2.61 bits per heavy atom. The Morgan fingerprint density at radius 1 is 1.16 bits per heavy atom. The van der Waals surface area contributed by atoms with Gasteiger partial charge in [-0.3, -0.25) is 0 Å². The Labute approximate surface area is 186 Å². The van der Waals surface area contributed by atoms with Crippen LogP contribution in [0, 0.1) is 0 Å². The Bertz CT molecular complexity index is 880. The number of pyridine rings is 1. The van der Waals surface area contributed by atoms with Gasteiger partial charge >= 0.3 is 0 Å². The molecule has 2 aromatic rings. The van der Waals surface area contributed by atoms with E-state index in [0.29, 0.717) is 23.9 Å². The molecule has 1 saturated carbocycles. The second-order valence-electron chi connectivity index (χ2n) is 9.68. The summed E-state index contributed by atoms with van der Waals surface area (Å²) in [5, 5.41) is 14.5. The molecule has 2 aliphatic rings. The summed E-state index contributed by atoms with van der Waals surface area (Å²) in [5.41, 5.74) is 2.24. The molecule has 0 spiro atoms. The van der Waals surface area contributed by atoms with E-state index in [9.17, 15) is 5.11 Å². The van der Waals surface area contributed by atoms with E-state index in [-0.39, 0.29) is 6.10 Å². The number of rotatable bonds is 7. The Kier molecular flexibility index (Phi) is 6.92. The number of aromatic nitrogens is 3. The van der Waals surface area contributed by atoms with Crippen LogP contribution in [0.1, 0.15) is 70.3 Å². The minimum atomic E-state index is -0.163. The minimum Gasteiger partial charge on any atom is -0.393 e. The quantitative estimate of drug-likeness (QED) is 0.697. The standard InChI is InChI=1S/C24H38N6O/c1-5-6-16(2)27-24-26-14-21-22(28-24)20(17-7-9-19(31)10-8-17)13-25-23(21)30-12-11-18(15-30)29(3)4/h13-14,16-19,31H,5-12,15H2,1-4H3,(H,26,27,28)/t16?,17?,18-,19?/m1/s1. The number of nitrogens with one attached hydrogen (secondary N) is 1. The molecule has 2 aromatic heterocycles. The van der Waals surface area contributed by atoms with Crippen LogP contribution in [0.5, 0.6) is 0 Å². The molecule has 2 fully saturated rings. The Morgan fingerprint density at radius 2 is 1.94 bits per heavy atom. The van der Waals surface area contributed by atoms with Crippen LogP contribution in [-0.4, -0.2) is 70.3 Å². The topological polar surface area (TPSA) is 77.4 Å². The third-order valence-corrected chi connectivity index (χ3v) is 7.06. The normalized spacial score (nSPS) is 25.4. The number of nitrogens with zero attached hydrogens (tertiary/aromatic N) is 5. The van der Waals surface area contributed by atoms with Gasteiger partial charge in [-0.2, -0.15) is 0 Å². The van der Waals surface area contributed by atoms with Crippen molar-refractivity contribution >= 4 is 22.7 Å². The number of aliphatic hydroxyl groups excluding tert-OH is 1. The van der Waals surface area contributed by atoms with Gasteiger partial charge in [0.25, 0.3) is 0 Å². The van der Waals surface area contributed by atoms with Crippen LogP contribution in [0.2, 0.25) is 0 Å². The molecule has 0 radical (unpaired) electrons. The van der Waals surface area contributed by atoms with Gasteiger partial charge in [-0.1, -0.05) is 13.3 Å².